The van der Waals surface area contributed by atoms with Crippen molar-refractivity contribution >= 4 is 67.1 Å². The third kappa shape index (κ3) is 13.2. The number of benzene rings is 3. The summed E-state index contributed by atoms with van der Waals surface area (Å²) in [6, 6.07) is 12.4. The van der Waals surface area contributed by atoms with E-state index < -0.39 is 48.8 Å². The van der Waals surface area contributed by atoms with Crippen LogP contribution in [0.1, 0.15) is 120 Å². The third-order valence-electron chi connectivity index (χ3n) is 14.5. The summed E-state index contributed by atoms with van der Waals surface area (Å²) in [5.41, 5.74) is 7.15. The van der Waals surface area contributed by atoms with Crippen molar-refractivity contribution < 1.29 is 78.6 Å². The summed E-state index contributed by atoms with van der Waals surface area (Å²) in [6.07, 6.45) is 13.6. The van der Waals surface area contributed by atoms with Crippen molar-refractivity contribution in [2.24, 2.45) is 0 Å². The molecule has 1 fully saturated rings. The van der Waals surface area contributed by atoms with Gasteiger partial charge in [-0.1, -0.05) is 13.0 Å². The number of methoxy groups -OCH3 is 2. The fourth-order valence-corrected chi connectivity index (χ4v) is 12.5. The van der Waals surface area contributed by atoms with Crippen LogP contribution < -0.4 is 14.9 Å². The third-order valence-corrected chi connectivity index (χ3v) is 16.8. The number of rotatable bonds is 25. The zero-order valence-corrected chi connectivity index (χ0v) is 46.9. The van der Waals surface area contributed by atoms with Gasteiger partial charge in [0, 0.05) is 98.6 Å². The van der Waals surface area contributed by atoms with Gasteiger partial charge in [-0.25, -0.2) is 4.79 Å². The molecule has 4 aliphatic rings. The molecule has 19 nitrogen and oxygen atoms in total. The van der Waals surface area contributed by atoms with E-state index in [4.69, 9.17) is 23.4 Å². The van der Waals surface area contributed by atoms with Crippen LogP contribution in [0.4, 0.5) is 11.4 Å². The molecule has 3 aromatic rings. The molecule has 1 saturated heterocycles. The smallest absolute Gasteiger partial charge is 0.333 e. The van der Waals surface area contributed by atoms with Crippen LogP contribution in [0.5, 0.6) is 5.75 Å². The van der Waals surface area contributed by atoms with Crippen molar-refractivity contribution in [3.05, 3.63) is 118 Å². The first-order chi connectivity index (χ1) is 36.6. The summed E-state index contributed by atoms with van der Waals surface area (Å²) in [4.78, 5) is 44.2. The predicted molar refractivity (Wildman–Crippen MR) is 284 cm³/mol. The summed E-state index contributed by atoms with van der Waals surface area (Å²) in [5.74, 6) is -0.947. The van der Waals surface area contributed by atoms with E-state index in [1.54, 1.807) is 21.1 Å². The molecule has 22 heteroatoms. The van der Waals surface area contributed by atoms with E-state index in [1.807, 2.05) is 45.1 Å². The number of ether oxygens (including phenoxy) is 3. The van der Waals surface area contributed by atoms with Gasteiger partial charge in [0.1, 0.15) is 18.1 Å². The Hall–Kier alpha value is -5.53. The van der Waals surface area contributed by atoms with Crippen molar-refractivity contribution in [2.45, 2.75) is 137 Å². The molecule has 2 amide bonds. The highest BCUT2D eigenvalue weighted by Crippen LogP contribution is 2.55. The van der Waals surface area contributed by atoms with Crippen LogP contribution in [0.3, 0.4) is 0 Å². The topological polar surface area (TPSA) is 248 Å². The predicted octanol–water partition coefficient (Wildman–Crippen LogP) is 8.70. The number of aryl methyl sites for hydroxylation is 2. The summed E-state index contributed by atoms with van der Waals surface area (Å²) >= 11 is 0.831. The van der Waals surface area contributed by atoms with Gasteiger partial charge in [-0.05, 0) is 162 Å². The van der Waals surface area contributed by atoms with Gasteiger partial charge >= 0.3 is 5.97 Å². The van der Waals surface area contributed by atoms with Gasteiger partial charge in [0.25, 0.3) is 32.1 Å². The average Bonchev–Trinajstić information content (AvgIpc) is 3.93. The van der Waals surface area contributed by atoms with Crippen LogP contribution in [0.25, 0.3) is 0 Å². The molecular formula is C55H67N3O16S3. The lowest BCUT2D eigenvalue weighted by Gasteiger charge is -2.34. The highest BCUT2D eigenvalue weighted by atomic mass is 32.2. The number of allylic oxidation sites excluding steroid dienone is 7. The summed E-state index contributed by atoms with van der Waals surface area (Å²) in [6.45, 7) is 11.8. The highest BCUT2D eigenvalue weighted by molar-refractivity contribution is 7.94. The number of hydroxylamine groups is 2. The van der Waals surface area contributed by atoms with Crippen molar-refractivity contribution in [1.29, 1.82) is 0 Å². The molecule has 0 spiro atoms. The van der Waals surface area contributed by atoms with Gasteiger partial charge in [0.05, 0.1) is 27.2 Å². The van der Waals surface area contributed by atoms with E-state index in [1.165, 1.54) is 36.4 Å². The van der Waals surface area contributed by atoms with Crippen LogP contribution in [-0.4, -0.2) is 99.6 Å². The maximum atomic E-state index is 12.6. The first-order valence-corrected chi connectivity index (χ1v) is 29.2. The number of amides is 2. The molecule has 416 valence electrons. The largest absolute Gasteiger partial charge is 0.691 e. The van der Waals surface area contributed by atoms with Crippen LogP contribution in [-0.2, 0) is 69.1 Å². The van der Waals surface area contributed by atoms with Gasteiger partial charge in [-0.15, -0.1) is 5.06 Å². The van der Waals surface area contributed by atoms with Crippen molar-refractivity contribution in [3.63, 3.8) is 0 Å². The number of anilines is 1. The number of nitrogens with zero attached hydrogens (tertiary/aromatic N) is 3. The lowest BCUT2D eigenvalue weighted by molar-refractivity contribution is -0.777. The van der Waals surface area contributed by atoms with Crippen molar-refractivity contribution in [3.8, 4) is 5.75 Å². The number of hydrogen-bond donors (Lipinski definition) is 2. The van der Waals surface area contributed by atoms with Crippen LogP contribution in [0, 0.1) is 13.8 Å². The minimum Gasteiger partial charge on any atom is -0.691 e. The minimum atomic E-state index is -4.58. The van der Waals surface area contributed by atoms with Gasteiger partial charge in [-0.3, -0.25) is 23.7 Å². The SMILES string of the molecule is CCCN1/C(=C/C=C2\CCCC(/C=C/C3=[N+](CCCCCC(=O)ON4C(=O)CCC4=O)c4c(C)cc(S(=O)(=O)O)cc4C3(C)C)=C2Oc2ccc(S(=O)(=O)O)cc2)C(CCOC)(CCOC)c2cc(SOO[O-])cc(C)c21. The first kappa shape index (κ1) is 59.1. The fraction of sp³-hybridized carbons (Fsp3) is 0.455. The summed E-state index contributed by atoms with van der Waals surface area (Å²) < 4.78 is 94.6. The van der Waals surface area contributed by atoms with Crippen molar-refractivity contribution in [1.82, 2.24) is 5.06 Å². The second-order valence-electron chi connectivity index (χ2n) is 20.0. The molecule has 0 atom stereocenters. The molecule has 77 heavy (non-hydrogen) atoms. The van der Waals surface area contributed by atoms with E-state index in [0.717, 1.165) is 69.9 Å². The molecule has 0 unspecified atom stereocenters. The lowest BCUT2D eigenvalue weighted by atomic mass is 9.73. The number of unbranched alkanes of at least 4 members (excludes halogenated alkanes) is 2. The standard InChI is InChI=1S/C55H67N3O16S3/c1-8-28-56-47(55(26-30-69-6,27-31-70-7)45-34-41(75-74-73-62)32-36(2)52(45)56)23-17-39-14-12-13-38(53(39)71-40-18-20-42(21-19-40)76(63,64)65)16-22-46-54(4,5)44-35-43(77(66,67)68)33-37(3)51(44)57(46)29-11-9-10-15-50(61)72-58-48(59)24-25-49(58)60/h16-23,32-35H,8-15,24-31H2,1-7H3,(H2-,62,63,64,65,66,67,68). The molecule has 0 saturated carbocycles. The summed E-state index contributed by atoms with van der Waals surface area (Å²) in [7, 11) is -5.75. The Kier molecular flexibility index (Phi) is 19.3. The number of carbonyl (C=O) groups excluding carboxylic acids is 3. The molecule has 3 heterocycles. The average molecular weight is 1120 g/mol. The zero-order chi connectivity index (χ0) is 55.9. The Labute approximate surface area is 454 Å². The van der Waals surface area contributed by atoms with E-state index in [0.29, 0.717) is 104 Å². The molecule has 0 radical (unpaired) electrons. The van der Waals surface area contributed by atoms with Crippen LogP contribution in [0.15, 0.2) is 110 Å². The lowest BCUT2D eigenvalue weighted by Crippen LogP contribution is -2.34. The maximum absolute atomic E-state index is 12.6. The minimum absolute atomic E-state index is 0.00604. The Morgan fingerprint density at radius 2 is 1.51 bits per heavy atom. The Balaban J connectivity index is 1.34. The quantitative estimate of drug-likeness (QED) is 0.0153. The molecule has 0 bridgehead atoms. The number of fused-ring (bicyclic) bond motifs is 2. The monoisotopic (exact) mass is 1120 g/mol. The van der Waals surface area contributed by atoms with E-state index in [9.17, 15) is 45.6 Å². The Bertz CT molecular complexity index is 3120. The van der Waals surface area contributed by atoms with Crippen LogP contribution >= 0.6 is 12.0 Å². The second kappa shape index (κ2) is 25.1. The molecule has 3 aliphatic heterocycles. The number of carbonyl (C=O) groups is 3. The molecule has 7 rings (SSSR count). The zero-order valence-electron chi connectivity index (χ0n) is 44.4. The second-order valence-corrected chi connectivity index (χ2v) is 23.7. The molecular weight excluding hydrogens is 1050 g/mol. The fourth-order valence-electron chi connectivity index (χ4n) is 10.9. The van der Waals surface area contributed by atoms with Crippen molar-refractivity contribution in [2.75, 3.05) is 45.4 Å². The Morgan fingerprint density at radius 3 is 2.13 bits per heavy atom. The normalized spacial score (nSPS) is 18.4. The summed E-state index contributed by atoms with van der Waals surface area (Å²) in [5, 5.41) is 15.2. The van der Waals surface area contributed by atoms with Gasteiger partial charge in [0.15, 0.2) is 5.71 Å². The molecule has 1 aliphatic carbocycles. The van der Waals surface area contributed by atoms with Gasteiger partial charge < -0.3 is 29.2 Å². The number of imide groups is 1. The van der Waals surface area contributed by atoms with E-state index in [2.05, 4.69) is 33.6 Å². The maximum Gasteiger partial charge on any atom is 0.333 e. The van der Waals surface area contributed by atoms with Gasteiger partial charge in [-0.2, -0.15) is 25.7 Å². The Morgan fingerprint density at radius 1 is 0.831 bits per heavy atom. The van der Waals surface area contributed by atoms with E-state index in [-0.39, 0.29) is 29.1 Å². The van der Waals surface area contributed by atoms with E-state index >= 15 is 0 Å². The molecule has 0 aromatic heterocycles. The first-order valence-electron chi connectivity index (χ1n) is 25.6. The molecule has 3 aromatic carbocycles. The highest BCUT2D eigenvalue weighted by Gasteiger charge is 2.48. The molecule has 2 N–H and O–H groups in total. The number of hydrogen-bond acceptors (Lipinski definition) is 16. The van der Waals surface area contributed by atoms with Crippen LogP contribution in [0.2, 0.25) is 0 Å². The van der Waals surface area contributed by atoms with Gasteiger partial charge in [0.2, 0.25) is 5.69 Å².